The Morgan fingerprint density at radius 1 is 0.564 bits per heavy atom. The van der Waals surface area contributed by atoms with Gasteiger partial charge in [0.2, 0.25) is 11.8 Å². The van der Waals surface area contributed by atoms with E-state index in [2.05, 4.69) is 13.8 Å². The zero-order valence-corrected chi connectivity index (χ0v) is 35.9. The van der Waals surface area contributed by atoms with E-state index in [1.54, 1.807) is 0 Å². The summed E-state index contributed by atoms with van der Waals surface area (Å²) in [4.78, 5) is 28.4. The molecular formula is C46H62F4N2O2Ti. The first-order valence-electron chi connectivity index (χ1n) is 19.4. The Balaban J connectivity index is 0.000000828. The molecule has 0 aromatic heterocycles. The van der Waals surface area contributed by atoms with Crippen LogP contribution in [-0.4, -0.2) is 24.9 Å². The van der Waals surface area contributed by atoms with Crippen molar-refractivity contribution in [1.29, 1.82) is 0 Å². The second-order valence-electron chi connectivity index (χ2n) is 14.4. The van der Waals surface area contributed by atoms with Gasteiger partial charge in [0.05, 0.1) is 0 Å². The van der Waals surface area contributed by atoms with Gasteiger partial charge in [0.25, 0.3) is 0 Å². The number of hydrogen-bond acceptors (Lipinski definition) is 2. The molecular weight excluding hydrogens is 736 g/mol. The third kappa shape index (κ3) is 19.3. The van der Waals surface area contributed by atoms with Crippen molar-refractivity contribution >= 4 is 23.2 Å². The van der Waals surface area contributed by atoms with E-state index in [1.165, 1.54) is 21.9 Å². The Bertz CT molecular complexity index is 1420. The Kier molecular flexibility index (Phi) is 26.2. The van der Waals surface area contributed by atoms with Crippen molar-refractivity contribution in [3.63, 3.8) is 0 Å². The summed E-state index contributed by atoms with van der Waals surface area (Å²) in [5.41, 5.74) is -0.925. The van der Waals surface area contributed by atoms with Gasteiger partial charge in [0.1, 0.15) is 0 Å². The van der Waals surface area contributed by atoms with E-state index in [0.29, 0.717) is 25.9 Å². The van der Waals surface area contributed by atoms with Gasteiger partial charge in [-0.2, -0.15) is 36.4 Å². The van der Waals surface area contributed by atoms with Crippen molar-refractivity contribution in [1.82, 2.24) is 0 Å². The van der Waals surface area contributed by atoms with Gasteiger partial charge in [0, 0.05) is 47.2 Å². The molecule has 0 bridgehead atoms. The van der Waals surface area contributed by atoms with Crippen LogP contribution in [0.2, 0.25) is 0 Å². The molecule has 0 aliphatic rings. The summed E-state index contributed by atoms with van der Waals surface area (Å²) in [5, 5.41) is 0. The number of unbranched alkanes of at least 4 members (excludes halogenated alkanes) is 6. The first-order chi connectivity index (χ1) is 25.7. The molecule has 0 aliphatic carbocycles. The van der Waals surface area contributed by atoms with Crippen molar-refractivity contribution in [2.75, 3.05) is 22.9 Å². The molecule has 0 atom stereocenters. The van der Waals surface area contributed by atoms with Crippen LogP contribution in [0.1, 0.15) is 120 Å². The molecule has 4 nitrogen and oxygen atoms in total. The molecule has 2 amide bonds. The van der Waals surface area contributed by atoms with Crippen molar-refractivity contribution < 1.29 is 48.9 Å². The molecule has 4 rings (SSSR count). The van der Waals surface area contributed by atoms with Crippen molar-refractivity contribution in [3.05, 3.63) is 120 Å². The minimum atomic E-state index is -0.809. The molecule has 0 radical (unpaired) electrons. The maximum atomic E-state index is 14.0. The van der Waals surface area contributed by atoms with Gasteiger partial charge in [-0.1, -0.05) is 93.9 Å². The van der Waals surface area contributed by atoms with Gasteiger partial charge < -0.3 is 9.80 Å². The van der Waals surface area contributed by atoms with Gasteiger partial charge in [0.15, 0.2) is 0 Å². The first kappa shape index (κ1) is 51.5. The third-order valence-corrected chi connectivity index (χ3v) is 9.26. The summed E-state index contributed by atoms with van der Waals surface area (Å²) in [6.07, 6.45) is 9.23. The van der Waals surface area contributed by atoms with Crippen LogP contribution in [0.15, 0.2) is 84.9 Å². The second kappa shape index (κ2) is 28.0. The second-order valence-corrected chi connectivity index (χ2v) is 14.4. The number of carbonyl (C=O) groups is 2. The fraction of sp³-hybridized carbons (Fsp3) is 0.478. The van der Waals surface area contributed by atoms with Crippen LogP contribution < -0.4 is 9.80 Å². The minimum Gasteiger partial charge on any atom is -0.363 e. The monoisotopic (exact) mass is 798 g/mol. The van der Waals surface area contributed by atoms with E-state index < -0.39 is 34.1 Å². The molecule has 9 heteroatoms. The van der Waals surface area contributed by atoms with E-state index >= 15 is 0 Å². The molecule has 0 saturated carbocycles. The van der Waals surface area contributed by atoms with E-state index in [9.17, 15) is 27.2 Å². The average molecular weight is 799 g/mol. The number of hydrogen-bond donors (Lipinski definition) is 0. The van der Waals surface area contributed by atoms with Gasteiger partial charge in [-0.25, -0.2) is 41.8 Å². The standard InChI is InChI=1S/2C18H26F2NO.2C5H5.Ti/c2*1-5-7-8-9-12-21(17(22)18(3,4)6-2)16-11-10-14(19)13-15(16)20;2*1-2-4-5-3-1;/h2*10-11H,5-9,12H2,1-4H3;2*1-5H;/q4*-1;+4. The zero-order chi connectivity index (χ0) is 40.6. The van der Waals surface area contributed by atoms with Crippen LogP contribution in [0.5, 0.6) is 0 Å². The largest absolute Gasteiger partial charge is 4.00 e. The predicted molar refractivity (Wildman–Crippen MR) is 216 cm³/mol. The van der Waals surface area contributed by atoms with Crippen LogP contribution in [0.4, 0.5) is 28.9 Å². The van der Waals surface area contributed by atoms with Crippen molar-refractivity contribution in [3.8, 4) is 0 Å². The van der Waals surface area contributed by atoms with Crippen LogP contribution in [-0.2, 0) is 31.3 Å². The number of nitrogens with zero attached hydrogens (tertiary/aromatic N) is 2. The molecule has 4 aromatic rings. The van der Waals surface area contributed by atoms with E-state index in [4.69, 9.17) is 0 Å². The number of anilines is 2. The summed E-state index contributed by atoms with van der Waals surface area (Å²) < 4.78 is 54.2. The van der Waals surface area contributed by atoms with Crippen LogP contribution in [0.25, 0.3) is 0 Å². The first-order valence-corrected chi connectivity index (χ1v) is 19.4. The maximum absolute atomic E-state index is 14.0. The Morgan fingerprint density at radius 3 is 1.13 bits per heavy atom. The summed E-state index contributed by atoms with van der Waals surface area (Å²) in [5.74, 6) is -3.40. The molecule has 300 valence electrons. The van der Waals surface area contributed by atoms with Crippen LogP contribution in [0.3, 0.4) is 0 Å². The Labute approximate surface area is 344 Å². The SMILES string of the molecule is CCCCCCN(C(=O)C(C)(C)CC)c1ccc(F)[c-]c1F.CCCCCCN(C(=O)C(C)(C)CC)c1ccc(F)[c-]c1F.[Ti+4].c1cc[cH-]c1.c1cc[cH-]c1. The molecule has 0 saturated heterocycles. The fourth-order valence-corrected chi connectivity index (χ4v) is 5.02. The number of benzene rings is 2. The molecule has 0 heterocycles. The predicted octanol–water partition coefficient (Wildman–Crippen LogP) is 13.0. The van der Waals surface area contributed by atoms with Crippen LogP contribution in [0, 0.1) is 46.2 Å². The van der Waals surface area contributed by atoms with E-state index in [1.807, 2.05) is 114 Å². The summed E-state index contributed by atoms with van der Waals surface area (Å²) in [6.45, 7) is 16.4. The Morgan fingerprint density at radius 2 is 0.891 bits per heavy atom. The number of halogens is 4. The summed E-state index contributed by atoms with van der Waals surface area (Å²) in [6, 6.07) is 29.0. The smallest absolute Gasteiger partial charge is 0.363 e. The summed E-state index contributed by atoms with van der Waals surface area (Å²) >= 11 is 0. The summed E-state index contributed by atoms with van der Waals surface area (Å²) in [7, 11) is 0. The van der Waals surface area contributed by atoms with Crippen LogP contribution >= 0.6 is 0 Å². The van der Waals surface area contributed by atoms with Gasteiger partial charge in [-0.3, -0.25) is 9.59 Å². The quantitative estimate of drug-likeness (QED) is 0.0490. The van der Waals surface area contributed by atoms with E-state index in [0.717, 1.165) is 63.5 Å². The van der Waals surface area contributed by atoms with Gasteiger partial charge in [-0.05, 0) is 37.1 Å². The zero-order valence-electron chi connectivity index (χ0n) is 34.3. The fourth-order valence-electron chi connectivity index (χ4n) is 5.02. The van der Waals surface area contributed by atoms with Crippen molar-refractivity contribution in [2.45, 2.75) is 120 Å². The molecule has 0 fully saturated rings. The average Bonchev–Trinajstić information content (AvgIpc) is 3.93. The minimum absolute atomic E-state index is 0. The molecule has 0 spiro atoms. The molecule has 0 aliphatic heterocycles. The number of rotatable bonds is 16. The number of carbonyl (C=O) groups excluding carboxylic acids is 2. The van der Waals surface area contributed by atoms with E-state index in [-0.39, 0.29) is 44.9 Å². The van der Waals surface area contributed by atoms with Gasteiger partial charge >= 0.3 is 21.7 Å². The normalized spacial score (nSPS) is 10.7. The number of amides is 2. The molecule has 55 heavy (non-hydrogen) atoms. The topological polar surface area (TPSA) is 40.6 Å². The Hall–Kier alpha value is -3.49. The molecule has 0 N–H and O–H groups in total. The van der Waals surface area contributed by atoms with Crippen molar-refractivity contribution in [2.24, 2.45) is 10.8 Å². The molecule has 4 aromatic carbocycles. The molecule has 0 unspecified atom stereocenters. The van der Waals surface area contributed by atoms with Gasteiger partial charge in [-0.15, -0.1) is 36.4 Å². The third-order valence-electron chi connectivity index (χ3n) is 9.26. The maximum Gasteiger partial charge on any atom is 4.00 e.